The number of hydrogen-bond donors (Lipinski definition) is 3. The Labute approximate surface area is 69.3 Å². The van der Waals surface area contributed by atoms with Gasteiger partial charge in [-0.1, -0.05) is 0 Å². The molecule has 0 aromatic heterocycles. The molecule has 2 heterocycles. The molecule has 2 aliphatic heterocycles. The van der Waals surface area contributed by atoms with E-state index in [0.29, 0.717) is 0 Å². The number of aliphatic hydroxyl groups is 1. The summed E-state index contributed by atoms with van der Waals surface area (Å²) in [6.07, 6.45) is -1.81. The van der Waals surface area contributed by atoms with Crippen LogP contribution in [0.2, 0.25) is 0 Å². The molecule has 0 aromatic rings. The second-order valence-electron chi connectivity index (χ2n) is 2.88. The summed E-state index contributed by atoms with van der Waals surface area (Å²) >= 11 is 0. The monoisotopic (exact) mass is 198 g/mol. The van der Waals surface area contributed by atoms with E-state index in [-0.39, 0.29) is 19.3 Å². The fourth-order valence-electron chi connectivity index (χ4n) is 1.36. The van der Waals surface area contributed by atoms with Crippen LogP contribution in [0.1, 0.15) is 0 Å². The van der Waals surface area contributed by atoms with Crippen LogP contribution >= 0.6 is 8.17 Å². The van der Waals surface area contributed by atoms with E-state index in [9.17, 15) is 5.11 Å². The number of aliphatic hydroxyl groups excluding tert-OH is 1. The van der Waals surface area contributed by atoms with E-state index < -0.39 is 20.4 Å². The van der Waals surface area contributed by atoms with Gasteiger partial charge < -0.3 is 0 Å². The number of hydrogen-bond acceptors (Lipinski definition) is 6. The molecule has 0 bridgehead atoms. The summed E-state index contributed by atoms with van der Waals surface area (Å²) in [4.78, 5) is 18.0. The molecule has 2 saturated heterocycles. The third-order valence-corrected chi connectivity index (χ3v) is 3.07. The van der Waals surface area contributed by atoms with E-state index in [2.05, 4.69) is 4.52 Å². The molecule has 0 aliphatic carbocycles. The first kappa shape index (κ1) is 8.77. The van der Waals surface area contributed by atoms with Gasteiger partial charge in [-0.25, -0.2) is 0 Å². The van der Waals surface area contributed by atoms with E-state index in [1.54, 1.807) is 0 Å². The molecule has 12 heavy (non-hydrogen) atoms. The zero-order valence-corrected chi connectivity index (χ0v) is 7.21. The van der Waals surface area contributed by atoms with Crippen LogP contribution in [-0.4, -0.2) is 46.4 Å². The van der Waals surface area contributed by atoms with Gasteiger partial charge in [0.25, 0.3) is 0 Å². The fraction of sp³-hybridized carbons (Fsp3) is 1.00. The zero-order chi connectivity index (χ0) is 8.77. The molecule has 2 fully saturated rings. The average Bonchev–Trinajstić information content (AvgIpc) is 2.31. The standard InChI is InChI=1S/C5H11O6P/c6-3-1-9-4-2-10-12(7,8)11-5(3)4/h3-8,12H,1-2H2/t3-,4-,5+/m1/s1. The van der Waals surface area contributed by atoms with E-state index in [4.69, 9.17) is 19.0 Å². The Kier molecular flexibility index (Phi) is 2.08. The third kappa shape index (κ3) is 1.47. The maximum absolute atomic E-state index is 9.25. The van der Waals surface area contributed by atoms with E-state index in [1.165, 1.54) is 0 Å². The van der Waals surface area contributed by atoms with Gasteiger partial charge in [-0.15, -0.1) is 0 Å². The van der Waals surface area contributed by atoms with Gasteiger partial charge >= 0.3 is 68.4 Å². The summed E-state index contributed by atoms with van der Waals surface area (Å²) in [6, 6.07) is 0. The molecule has 2 aliphatic rings. The van der Waals surface area contributed by atoms with Gasteiger partial charge in [0.2, 0.25) is 0 Å². The predicted molar refractivity (Wildman–Crippen MR) is 39.3 cm³/mol. The molecule has 6 nitrogen and oxygen atoms in total. The minimum atomic E-state index is -3.96. The first-order valence-electron chi connectivity index (χ1n) is 3.65. The van der Waals surface area contributed by atoms with Crippen molar-refractivity contribution in [2.75, 3.05) is 13.2 Å². The van der Waals surface area contributed by atoms with Crippen LogP contribution in [0.15, 0.2) is 0 Å². The van der Waals surface area contributed by atoms with Crippen LogP contribution < -0.4 is 0 Å². The van der Waals surface area contributed by atoms with Crippen molar-refractivity contribution >= 4 is 8.17 Å². The Bertz CT molecular complexity index is 185. The molecule has 7 heteroatoms. The first-order valence-corrected chi connectivity index (χ1v) is 5.36. The quantitative estimate of drug-likeness (QED) is 0.413. The molecule has 0 spiro atoms. The molecule has 0 amide bonds. The normalized spacial score (nSPS) is 48.4. The van der Waals surface area contributed by atoms with Crippen LogP contribution in [0.5, 0.6) is 0 Å². The van der Waals surface area contributed by atoms with Crippen molar-refractivity contribution in [3.05, 3.63) is 0 Å². The van der Waals surface area contributed by atoms with Crippen molar-refractivity contribution in [3.63, 3.8) is 0 Å². The topological polar surface area (TPSA) is 88.4 Å². The summed E-state index contributed by atoms with van der Waals surface area (Å²) in [6.45, 7) is 0.226. The summed E-state index contributed by atoms with van der Waals surface area (Å²) in [5, 5.41) is 9.25. The van der Waals surface area contributed by atoms with Gasteiger partial charge in [-0.3, -0.25) is 0 Å². The maximum atomic E-state index is 9.25. The number of ether oxygens (including phenoxy) is 1. The summed E-state index contributed by atoms with van der Waals surface area (Å²) in [5.74, 6) is 0. The Morgan fingerprint density at radius 1 is 1.25 bits per heavy atom. The molecule has 0 unspecified atom stereocenters. The molecule has 0 aromatic carbocycles. The molecule has 2 rings (SSSR count). The Morgan fingerprint density at radius 3 is 2.75 bits per heavy atom. The van der Waals surface area contributed by atoms with Gasteiger partial charge in [-0.2, -0.15) is 0 Å². The van der Waals surface area contributed by atoms with E-state index in [1.807, 2.05) is 0 Å². The van der Waals surface area contributed by atoms with Crippen molar-refractivity contribution < 1.29 is 28.7 Å². The molecular formula is C5H11O6P. The van der Waals surface area contributed by atoms with Crippen LogP contribution in [0, 0.1) is 0 Å². The van der Waals surface area contributed by atoms with Crippen LogP contribution in [0.25, 0.3) is 0 Å². The summed E-state index contributed by atoms with van der Waals surface area (Å²) in [7, 11) is -3.96. The second kappa shape index (κ2) is 2.85. The van der Waals surface area contributed by atoms with Crippen LogP contribution in [0.4, 0.5) is 0 Å². The Hall–Kier alpha value is 0.190. The first-order chi connectivity index (χ1) is 5.58. The molecule has 3 atom stereocenters. The van der Waals surface area contributed by atoms with Crippen molar-refractivity contribution in [2.24, 2.45) is 0 Å². The summed E-state index contributed by atoms with van der Waals surface area (Å²) < 4.78 is 14.4. The van der Waals surface area contributed by atoms with Gasteiger partial charge in [0, 0.05) is 0 Å². The van der Waals surface area contributed by atoms with Crippen molar-refractivity contribution in [1.29, 1.82) is 0 Å². The third-order valence-electron chi connectivity index (χ3n) is 1.95. The van der Waals surface area contributed by atoms with Gasteiger partial charge in [0.05, 0.1) is 0 Å². The Balaban J connectivity index is 2.07. The zero-order valence-electron chi connectivity index (χ0n) is 6.21. The molecule has 72 valence electrons. The summed E-state index contributed by atoms with van der Waals surface area (Å²) in [5.41, 5.74) is 0. The van der Waals surface area contributed by atoms with Crippen LogP contribution in [-0.2, 0) is 13.8 Å². The van der Waals surface area contributed by atoms with Gasteiger partial charge in [-0.05, 0) is 0 Å². The number of rotatable bonds is 0. The molecule has 0 radical (unpaired) electrons. The Morgan fingerprint density at radius 2 is 2.00 bits per heavy atom. The fourth-order valence-corrected chi connectivity index (χ4v) is 2.47. The molecule has 3 N–H and O–H groups in total. The van der Waals surface area contributed by atoms with Crippen molar-refractivity contribution in [1.82, 2.24) is 0 Å². The van der Waals surface area contributed by atoms with Crippen molar-refractivity contribution in [3.8, 4) is 0 Å². The van der Waals surface area contributed by atoms with E-state index in [0.717, 1.165) is 0 Å². The van der Waals surface area contributed by atoms with Crippen molar-refractivity contribution in [2.45, 2.75) is 18.3 Å². The second-order valence-corrected chi connectivity index (χ2v) is 4.50. The minimum absolute atomic E-state index is 0.0704. The molecule has 0 saturated carbocycles. The molecular weight excluding hydrogens is 187 g/mol. The van der Waals surface area contributed by atoms with Gasteiger partial charge in [0.15, 0.2) is 0 Å². The van der Waals surface area contributed by atoms with Gasteiger partial charge in [0.1, 0.15) is 0 Å². The van der Waals surface area contributed by atoms with Crippen LogP contribution in [0.3, 0.4) is 0 Å². The predicted octanol–water partition coefficient (Wildman–Crippen LogP) is -1.44. The van der Waals surface area contributed by atoms with E-state index >= 15 is 0 Å². The number of fused-ring (bicyclic) bond motifs is 1. The SMILES string of the molecule is O[C@@H]1CO[C@@H]2CO[PH](O)(O)O[C@@H]12. The average molecular weight is 198 g/mol.